The lowest BCUT2D eigenvalue weighted by Crippen LogP contribution is -2.10. The van der Waals surface area contributed by atoms with Crippen LogP contribution in [0.2, 0.25) is 0 Å². The van der Waals surface area contributed by atoms with E-state index in [-0.39, 0.29) is 0 Å². The number of carbonyl (C=O) groups is 1. The molecule has 0 unspecified atom stereocenters. The van der Waals surface area contributed by atoms with E-state index in [1.54, 1.807) is 17.1 Å². The van der Waals surface area contributed by atoms with Gasteiger partial charge in [-0.05, 0) is 31.2 Å². The molecule has 2 aromatic heterocycles. The topological polar surface area (TPSA) is 109 Å². The maximum atomic E-state index is 11.6. The third-order valence-electron chi connectivity index (χ3n) is 5.01. The summed E-state index contributed by atoms with van der Waals surface area (Å²) >= 11 is 0. The molecule has 1 amide bonds. The number of nitrogen functional groups attached to an aromatic ring is 1. The zero-order chi connectivity index (χ0) is 21.8. The van der Waals surface area contributed by atoms with Gasteiger partial charge in [-0.15, -0.1) is 0 Å². The van der Waals surface area contributed by atoms with Gasteiger partial charge in [-0.3, -0.25) is 5.32 Å². The first kappa shape index (κ1) is 20.3. The van der Waals surface area contributed by atoms with Crippen LogP contribution in [0.15, 0.2) is 55.1 Å². The molecule has 0 atom stereocenters. The standard InChI is InChI=1S/C22H24N6O3/c1-3-28-19-12-17(31-10-9-27-14-24-13-25-27)7-8-18(19)20(23)21(28)15-5-4-6-16(11-15)26-22(29)30-2/h4-8,11-14H,3,9-10,23H2,1-2H3,(H,26,29). The van der Waals surface area contributed by atoms with Crippen LogP contribution >= 0.6 is 0 Å². The Morgan fingerprint density at radius 2 is 2.10 bits per heavy atom. The van der Waals surface area contributed by atoms with Crippen molar-refractivity contribution in [2.45, 2.75) is 20.0 Å². The number of anilines is 2. The summed E-state index contributed by atoms with van der Waals surface area (Å²) in [5.41, 5.74) is 10.6. The monoisotopic (exact) mass is 420 g/mol. The second-order valence-electron chi connectivity index (χ2n) is 6.89. The number of rotatable bonds is 7. The number of ether oxygens (including phenoxy) is 2. The highest BCUT2D eigenvalue weighted by molar-refractivity contribution is 6.02. The van der Waals surface area contributed by atoms with E-state index in [1.807, 2.05) is 36.4 Å². The van der Waals surface area contributed by atoms with Crippen LogP contribution in [0, 0.1) is 0 Å². The number of hydrogen-bond acceptors (Lipinski definition) is 6. The van der Waals surface area contributed by atoms with Gasteiger partial charge in [0.2, 0.25) is 0 Å². The summed E-state index contributed by atoms with van der Waals surface area (Å²) in [4.78, 5) is 15.5. The van der Waals surface area contributed by atoms with Crippen molar-refractivity contribution < 1.29 is 14.3 Å². The Morgan fingerprint density at radius 1 is 1.23 bits per heavy atom. The Bertz CT molecular complexity index is 1200. The second kappa shape index (κ2) is 8.78. The quantitative estimate of drug-likeness (QED) is 0.471. The second-order valence-corrected chi connectivity index (χ2v) is 6.89. The van der Waals surface area contributed by atoms with Crippen molar-refractivity contribution in [3.63, 3.8) is 0 Å². The maximum absolute atomic E-state index is 11.6. The predicted octanol–water partition coefficient (Wildman–Crippen LogP) is 3.76. The first-order valence-electron chi connectivity index (χ1n) is 9.93. The molecule has 4 aromatic rings. The van der Waals surface area contributed by atoms with E-state index in [0.29, 0.717) is 24.5 Å². The number of methoxy groups -OCH3 is 1. The van der Waals surface area contributed by atoms with E-state index < -0.39 is 6.09 Å². The molecule has 160 valence electrons. The summed E-state index contributed by atoms with van der Waals surface area (Å²) < 4.78 is 14.5. The summed E-state index contributed by atoms with van der Waals surface area (Å²) in [5, 5.41) is 7.72. The highest BCUT2D eigenvalue weighted by Crippen LogP contribution is 2.38. The van der Waals surface area contributed by atoms with Crippen LogP contribution < -0.4 is 15.8 Å². The van der Waals surface area contributed by atoms with Crippen LogP contribution in [0.5, 0.6) is 5.75 Å². The van der Waals surface area contributed by atoms with Gasteiger partial charge in [0.05, 0.1) is 30.6 Å². The fraction of sp³-hybridized carbons (Fsp3) is 0.227. The fourth-order valence-electron chi connectivity index (χ4n) is 3.60. The molecule has 9 heteroatoms. The van der Waals surface area contributed by atoms with E-state index >= 15 is 0 Å². The molecule has 2 heterocycles. The zero-order valence-corrected chi connectivity index (χ0v) is 17.4. The largest absolute Gasteiger partial charge is 0.492 e. The lowest BCUT2D eigenvalue weighted by Gasteiger charge is -2.11. The van der Waals surface area contributed by atoms with Crippen LogP contribution in [-0.2, 0) is 17.8 Å². The molecule has 0 aliphatic rings. The number of nitrogens with zero attached hydrogens (tertiary/aromatic N) is 4. The Balaban J connectivity index is 1.65. The highest BCUT2D eigenvalue weighted by Gasteiger charge is 2.17. The molecule has 0 aliphatic heterocycles. The molecular formula is C22H24N6O3. The van der Waals surface area contributed by atoms with Crippen LogP contribution in [-0.4, -0.2) is 39.1 Å². The van der Waals surface area contributed by atoms with Crippen molar-refractivity contribution >= 4 is 28.4 Å². The maximum Gasteiger partial charge on any atom is 0.411 e. The van der Waals surface area contributed by atoms with Crippen molar-refractivity contribution in [2.75, 3.05) is 24.8 Å². The fourth-order valence-corrected chi connectivity index (χ4v) is 3.60. The van der Waals surface area contributed by atoms with Crippen molar-refractivity contribution in [2.24, 2.45) is 0 Å². The number of carbonyl (C=O) groups excluding carboxylic acids is 1. The third-order valence-corrected chi connectivity index (χ3v) is 5.01. The van der Waals surface area contributed by atoms with Gasteiger partial charge in [0.1, 0.15) is 25.0 Å². The minimum Gasteiger partial charge on any atom is -0.492 e. The Hall–Kier alpha value is -4.01. The molecular weight excluding hydrogens is 396 g/mol. The predicted molar refractivity (Wildman–Crippen MR) is 119 cm³/mol. The normalized spacial score (nSPS) is 10.9. The Morgan fingerprint density at radius 3 is 2.84 bits per heavy atom. The number of nitrogens with one attached hydrogen (secondary N) is 1. The smallest absolute Gasteiger partial charge is 0.411 e. The number of nitrogens with two attached hydrogens (primary N) is 1. The van der Waals surface area contributed by atoms with Crippen LogP contribution in [0.3, 0.4) is 0 Å². The van der Waals surface area contributed by atoms with E-state index in [4.69, 9.17) is 10.5 Å². The van der Waals surface area contributed by atoms with Crippen molar-refractivity contribution in [1.29, 1.82) is 0 Å². The first-order valence-corrected chi connectivity index (χ1v) is 9.93. The lowest BCUT2D eigenvalue weighted by atomic mass is 10.1. The van der Waals surface area contributed by atoms with Crippen LogP contribution in [0.1, 0.15) is 6.92 Å². The van der Waals surface area contributed by atoms with Crippen LogP contribution in [0.25, 0.3) is 22.2 Å². The SMILES string of the molecule is CCn1c(-c2cccc(NC(=O)OC)c2)c(N)c2ccc(OCCn3cncn3)cc21. The molecule has 4 rings (SSSR count). The van der Waals surface area contributed by atoms with Crippen molar-refractivity contribution in [3.8, 4) is 17.0 Å². The molecule has 0 fully saturated rings. The summed E-state index contributed by atoms with van der Waals surface area (Å²) in [6.45, 7) is 3.88. The van der Waals surface area contributed by atoms with Gasteiger partial charge in [0, 0.05) is 29.2 Å². The lowest BCUT2D eigenvalue weighted by molar-refractivity contribution is 0.187. The average Bonchev–Trinajstić information content (AvgIpc) is 3.39. The van der Waals surface area contributed by atoms with E-state index in [0.717, 1.165) is 34.5 Å². The summed E-state index contributed by atoms with van der Waals surface area (Å²) in [6.07, 6.45) is 2.64. The minimum atomic E-state index is -0.520. The van der Waals surface area contributed by atoms with Crippen molar-refractivity contribution in [1.82, 2.24) is 19.3 Å². The molecule has 3 N–H and O–H groups in total. The van der Waals surface area contributed by atoms with Gasteiger partial charge in [-0.1, -0.05) is 12.1 Å². The number of aromatic nitrogens is 4. The van der Waals surface area contributed by atoms with E-state index in [1.165, 1.54) is 13.4 Å². The number of benzene rings is 2. The summed E-state index contributed by atoms with van der Waals surface area (Å²) in [5.74, 6) is 0.757. The van der Waals surface area contributed by atoms with E-state index in [9.17, 15) is 4.79 Å². The molecule has 0 aliphatic carbocycles. The number of fused-ring (bicyclic) bond motifs is 1. The molecule has 9 nitrogen and oxygen atoms in total. The minimum absolute atomic E-state index is 0.477. The average molecular weight is 420 g/mol. The highest BCUT2D eigenvalue weighted by atomic mass is 16.5. The Labute approximate surface area is 179 Å². The molecule has 0 spiro atoms. The van der Waals surface area contributed by atoms with Gasteiger partial charge >= 0.3 is 6.09 Å². The molecule has 0 saturated carbocycles. The first-order chi connectivity index (χ1) is 15.1. The number of amides is 1. The van der Waals surface area contributed by atoms with Gasteiger partial charge in [-0.2, -0.15) is 5.10 Å². The zero-order valence-electron chi connectivity index (χ0n) is 17.4. The van der Waals surface area contributed by atoms with Gasteiger partial charge < -0.3 is 19.8 Å². The number of hydrogen-bond donors (Lipinski definition) is 2. The Kier molecular flexibility index (Phi) is 5.74. The molecule has 2 aromatic carbocycles. The number of aryl methyl sites for hydroxylation is 1. The third kappa shape index (κ3) is 4.16. The van der Waals surface area contributed by atoms with Gasteiger partial charge in [0.15, 0.2) is 0 Å². The summed E-state index contributed by atoms with van der Waals surface area (Å²) in [6, 6.07) is 13.4. The van der Waals surface area contributed by atoms with Gasteiger partial charge in [0.25, 0.3) is 0 Å². The molecule has 0 saturated heterocycles. The van der Waals surface area contributed by atoms with Gasteiger partial charge in [-0.25, -0.2) is 14.5 Å². The summed E-state index contributed by atoms with van der Waals surface area (Å²) in [7, 11) is 1.33. The molecule has 31 heavy (non-hydrogen) atoms. The molecule has 0 bridgehead atoms. The van der Waals surface area contributed by atoms with E-state index in [2.05, 4.69) is 31.6 Å². The van der Waals surface area contributed by atoms with Crippen molar-refractivity contribution in [3.05, 3.63) is 55.1 Å². The van der Waals surface area contributed by atoms with Crippen LogP contribution in [0.4, 0.5) is 16.2 Å². The molecule has 0 radical (unpaired) electrons.